The monoisotopic (exact) mass is 516 g/mol. The summed E-state index contributed by atoms with van der Waals surface area (Å²) in [5.74, 6) is -1.73. The minimum absolute atomic E-state index is 0.0436. The SMILES string of the molecule is Cc1cc(C(=O)N[C@H](C(=O)N[C@H](C(=O)N2C[C@@H]3CCC[C@@H]3[C@H]2C(=O)O)C(C)(C)C)C2CCCCC2)no1. The number of nitrogens with zero attached hydrogens (tertiary/aromatic N) is 2. The molecule has 1 aliphatic heterocycles. The number of aromatic nitrogens is 1. The lowest BCUT2D eigenvalue weighted by molar-refractivity contribution is -0.152. The van der Waals surface area contributed by atoms with Gasteiger partial charge in [-0.05, 0) is 55.8 Å². The maximum Gasteiger partial charge on any atom is 0.326 e. The van der Waals surface area contributed by atoms with Crippen LogP contribution in [0.1, 0.15) is 88.4 Å². The smallest absolute Gasteiger partial charge is 0.326 e. The lowest BCUT2D eigenvalue weighted by Crippen LogP contribution is -2.61. The van der Waals surface area contributed by atoms with Gasteiger partial charge < -0.3 is 25.2 Å². The third kappa shape index (κ3) is 5.83. The van der Waals surface area contributed by atoms with Crippen LogP contribution in [0.5, 0.6) is 0 Å². The first-order valence-electron chi connectivity index (χ1n) is 13.5. The average Bonchev–Trinajstić information content (AvgIpc) is 3.55. The molecule has 2 saturated carbocycles. The lowest BCUT2D eigenvalue weighted by Gasteiger charge is -2.37. The summed E-state index contributed by atoms with van der Waals surface area (Å²) in [6.45, 7) is 7.65. The first-order chi connectivity index (χ1) is 17.5. The third-order valence-corrected chi connectivity index (χ3v) is 8.38. The number of carboxylic acid groups (broad SMARTS) is 1. The van der Waals surface area contributed by atoms with E-state index in [0.717, 1.165) is 51.4 Å². The van der Waals surface area contributed by atoms with Crippen LogP contribution >= 0.6 is 0 Å². The van der Waals surface area contributed by atoms with Crippen molar-refractivity contribution in [3.05, 3.63) is 17.5 Å². The largest absolute Gasteiger partial charge is 0.480 e. The van der Waals surface area contributed by atoms with Gasteiger partial charge in [-0.15, -0.1) is 0 Å². The Morgan fingerprint density at radius 3 is 2.35 bits per heavy atom. The van der Waals surface area contributed by atoms with E-state index < -0.39 is 41.3 Å². The van der Waals surface area contributed by atoms with Gasteiger partial charge in [0.25, 0.3) is 5.91 Å². The molecule has 0 aromatic carbocycles. The van der Waals surface area contributed by atoms with Crippen molar-refractivity contribution in [1.29, 1.82) is 0 Å². The van der Waals surface area contributed by atoms with Crippen molar-refractivity contribution in [2.24, 2.45) is 23.2 Å². The predicted octanol–water partition coefficient (Wildman–Crippen LogP) is 2.90. The molecule has 1 saturated heterocycles. The summed E-state index contributed by atoms with van der Waals surface area (Å²) in [5, 5.41) is 19.5. The number of carbonyl (C=O) groups excluding carboxylic acids is 3. The predicted molar refractivity (Wildman–Crippen MR) is 134 cm³/mol. The summed E-state index contributed by atoms with van der Waals surface area (Å²) in [6.07, 6.45) is 7.30. The van der Waals surface area contributed by atoms with Gasteiger partial charge in [0.05, 0.1) is 0 Å². The number of carbonyl (C=O) groups is 4. The van der Waals surface area contributed by atoms with Crippen molar-refractivity contribution in [3.8, 4) is 0 Å². The molecule has 3 amide bonds. The molecule has 0 spiro atoms. The van der Waals surface area contributed by atoms with Gasteiger partial charge in [-0.25, -0.2) is 4.79 Å². The molecular weight excluding hydrogens is 476 g/mol. The number of fused-ring (bicyclic) bond motifs is 1. The van der Waals surface area contributed by atoms with E-state index in [1.807, 2.05) is 20.8 Å². The Balaban J connectivity index is 1.55. The lowest BCUT2D eigenvalue weighted by atomic mass is 9.82. The van der Waals surface area contributed by atoms with E-state index in [1.165, 1.54) is 11.0 Å². The fraction of sp³-hybridized carbons (Fsp3) is 0.741. The Bertz CT molecular complexity index is 1020. The molecule has 37 heavy (non-hydrogen) atoms. The topological polar surface area (TPSA) is 142 Å². The van der Waals surface area contributed by atoms with Crippen LogP contribution in [0.15, 0.2) is 10.6 Å². The van der Waals surface area contributed by atoms with Gasteiger partial charge in [0.15, 0.2) is 5.69 Å². The highest BCUT2D eigenvalue weighted by Crippen LogP contribution is 2.43. The van der Waals surface area contributed by atoms with Gasteiger partial charge in [0.2, 0.25) is 11.8 Å². The zero-order chi connectivity index (χ0) is 26.9. The molecule has 0 bridgehead atoms. The van der Waals surface area contributed by atoms with Crippen molar-refractivity contribution in [2.45, 2.75) is 97.2 Å². The van der Waals surface area contributed by atoms with E-state index in [-0.39, 0.29) is 29.4 Å². The summed E-state index contributed by atoms with van der Waals surface area (Å²) >= 11 is 0. The second-order valence-electron chi connectivity index (χ2n) is 12.1. The summed E-state index contributed by atoms with van der Waals surface area (Å²) in [7, 11) is 0. The molecule has 0 radical (unpaired) electrons. The minimum atomic E-state index is -0.989. The van der Waals surface area contributed by atoms with Gasteiger partial charge in [-0.2, -0.15) is 0 Å². The quantitative estimate of drug-likeness (QED) is 0.506. The number of rotatable bonds is 7. The van der Waals surface area contributed by atoms with E-state index in [4.69, 9.17) is 4.52 Å². The maximum absolute atomic E-state index is 13.9. The second-order valence-corrected chi connectivity index (χ2v) is 12.1. The highest BCUT2D eigenvalue weighted by atomic mass is 16.5. The molecule has 2 heterocycles. The Labute approximate surface area is 217 Å². The molecule has 2 aliphatic carbocycles. The van der Waals surface area contributed by atoms with E-state index in [0.29, 0.717) is 12.3 Å². The second kappa shape index (κ2) is 10.8. The van der Waals surface area contributed by atoms with E-state index >= 15 is 0 Å². The van der Waals surface area contributed by atoms with Crippen molar-refractivity contribution >= 4 is 23.7 Å². The van der Waals surface area contributed by atoms with Crippen molar-refractivity contribution < 1.29 is 28.8 Å². The van der Waals surface area contributed by atoms with Crippen molar-refractivity contribution in [1.82, 2.24) is 20.7 Å². The van der Waals surface area contributed by atoms with Crippen LogP contribution in [0.4, 0.5) is 0 Å². The summed E-state index contributed by atoms with van der Waals surface area (Å²) in [6, 6.07) is -1.12. The zero-order valence-electron chi connectivity index (χ0n) is 22.3. The first-order valence-corrected chi connectivity index (χ1v) is 13.5. The number of hydrogen-bond acceptors (Lipinski definition) is 6. The van der Waals surface area contributed by atoms with Crippen molar-refractivity contribution in [2.75, 3.05) is 6.54 Å². The van der Waals surface area contributed by atoms with Gasteiger partial charge in [-0.1, -0.05) is 51.6 Å². The fourth-order valence-corrected chi connectivity index (χ4v) is 6.45. The molecule has 204 valence electrons. The van der Waals surface area contributed by atoms with Gasteiger partial charge >= 0.3 is 5.97 Å². The molecular formula is C27H40N4O6. The van der Waals surface area contributed by atoms with Crippen LogP contribution in [0.3, 0.4) is 0 Å². The van der Waals surface area contributed by atoms with Crippen molar-refractivity contribution in [3.63, 3.8) is 0 Å². The molecule has 10 nitrogen and oxygen atoms in total. The van der Waals surface area contributed by atoms with Gasteiger partial charge in [0, 0.05) is 12.6 Å². The number of nitrogens with one attached hydrogen (secondary N) is 2. The van der Waals surface area contributed by atoms with Gasteiger partial charge in [0.1, 0.15) is 23.9 Å². The number of carboxylic acids is 1. The minimum Gasteiger partial charge on any atom is -0.480 e. The Kier molecular flexibility index (Phi) is 7.94. The normalized spacial score (nSPS) is 25.8. The number of amides is 3. The number of likely N-dealkylation sites (tertiary alicyclic amines) is 1. The molecule has 3 aliphatic rings. The van der Waals surface area contributed by atoms with Crippen LogP contribution in [-0.4, -0.2) is 63.5 Å². The fourth-order valence-electron chi connectivity index (χ4n) is 6.45. The number of aliphatic carboxylic acids is 1. The average molecular weight is 517 g/mol. The summed E-state index contributed by atoms with van der Waals surface area (Å²) in [4.78, 5) is 54.2. The first kappa shape index (κ1) is 27.1. The molecule has 1 aromatic heterocycles. The summed E-state index contributed by atoms with van der Waals surface area (Å²) < 4.78 is 5.02. The zero-order valence-corrected chi connectivity index (χ0v) is 22.3. The summed E-state index contributed by atoms with van der Waals surface area (Å²) in [5.41, 5.74) is -0.569. The molecule has 5 atom stereocenters. The van der Waals surface area contributed by atoms with Gasteiger partial charge in [-0.3, -0.25) is 14.4 Å². The highest BCUT2D eigenvalue weighted by molar-refractivity contribution is 5.98. The number of hydrogen-bond donors (Lipinski definition) is 3. The van der Waals surface area contributed by atoms with E-state index in [9.17, 15) is 24.3 Å². The van der Waals surface area contributed by atoms with Crippen LogP contribution in [0.25, 0.3) is 0 Å². The molecule has 0 unspecified atom stereocenters. The molecule has 1 aromatic rings. The van der Waals surface area contributed by atoms with Crippen LogP contribution in [0, 0.1) is 30.1 Å². The molecule has 10 heteroatoms. The van der Waals surface area contributed by atoms with Crippen LogP contribution in [-0.2, 0) is 14.4 Å². The maximum atomic E-state index is 13.9. The third-order valence-electron chi connectivity index (χ3n) is 8.38. The van der Waals surface area contributed by atoms with E-state index in [2.05, 4.69) is 15.8 Å². The van der Waals surface area contributed by atoms with E-state index in [1.54, 1.807) is 6.92 Å². The standard InChI is InChI=1S/C27H40N4O6/c1-15-13-19(30-37-15)23(32)28-20(16-9-6-5-7-10-16)24(33)29-22(27(2,3)4)25(34)31-14-17-11-8-12-18(17)21(31)26(35)36/h13,16-18,20-22H,5-12,14H2,1-4H3,(H,28,32)(H,29,33)(H,35,36)/t17-,18-,20-,21-,22+/m0/s1. The molecule has 4 rings (SSSR count). The Morgan fingerprint density at radius 2 is 1.76 bits per heavy atom. The van der Waals surface area contributed by atoms with Crippen LogP contribution < -0.4 is 10.6 Å². The Morgan fingerprint density at radius 1 is 1.05 bits per heavy atom. The molecule has 3 fully saturated rings. The molecule has 3 N–H and O–H groups in total. The van der Waals surface area contributed by atoms with Crippen LogP contribution in [0.2, 0.25) is 0 Å². The number of aryl methyl sites for hydroxylation is 1. The Hall–Kier alpha value is -2.91. The highest BCUT2D eigenvalue weighted by Gasteiger charge is 2.52.